The maximum Gasteiger partial charge on any atom is 0.141 e. The number of nitrogens with one attached hydrogen (secondary N) is 2. The molecule has 6 rings (SSSR count). The Hall–Kier alpha value is -4.20. The zero-order valence-electron chi connectivity index (χ0n) is 19.2. The molecule has 3 aromatic heterocycles. The number of rotatable bonds is 3. The van der Waals surface area contributed by atoms with Crippen molar-refractivity contribution in [1.29, 1.82) is 0 Å². The first kappa shape index (κ1) is 20.4. The molecular weight excluding hydrogens is 433 g/mol. The molecule has 1 unspecified atom stereocenters. The number of methoxy groups -OCH3 is 1. The first-order chi connectivity index (χ1) is 16.4. The van der Waals surface area contributed by atoms with Crippen LogP contribution < -0.4 is 10.1 Å². The lowest BCUT2D eigenvalue weighted by atomic mass is 9.95. The topological polar surface area (TPSA) is 88.3 Å². The summed E-state index contributed by atoms with van der Waals surface area (Å²) >= 11 is 0. The highest BCUT2D eigenvalue weighted by Gasteiger charge is 2.27. The van der Waals surface area contributed by atoms with Gasteiger partial charge in [0, 0.05) is 33.6 Å². The molecule has 1 aliphatic rings. The lowest BCUT2D eigenvalue weighted by Crippen LogP contribution is -2.23. The number of hydrogen-bond acceptors (Lipinski definition) is 6. The number of pyridine rings is 1. The van der Waals surface area contributed by atoms with Crippen molar-refractivity contribution in [3.05, 3.63) is 71.0 Å². The summed E-state index contributed by atoms with van der Waals surface area (Å²) < 4.78 is 25.4. The van der Waals surface area contributed by atoms with Gasteiger partial charge in [-0.05, 0) is 57.2 Å². The van der Waals surface area contributed by atoms with Crippen LogP contribution >= 0.6 is 0 Å². The fourth-order valence-electron chi connectivity index (χ4n) is 4.84. The second-order valence-corrected chi connectivity index (χ2v) is 8.49. The van der Waals surface area contributed by atoms with Crippen molar-refractivity contribution in [1.82, 2.24) is 15.1 Å². The van der Waals surface area contributed by atoms with Gasteiger partial charge in [-0.15, -0.1) is 0 Å². The molecule has 7 nitrogen and oxygen atoms in total. The molecule has 2 N–H and O–H groups in total. The average Bonchev–Trinajstić information content (AvgIpc) is 3.35. The molecule has 0 bridgehead atoms. The van der Waals surface area contributed by atoms with E-state index in [1.165, 1.54) is 12.1 Å². The minimum atomic E-state index is -0.311. The molecule has 4 heterocycles. The molecule has 2 aromatic carbocycles. The van der Waals surface area contributed by atoms with E-state index in [9.17, 15) is 4.39 Å². The summed E-state index contributed by atoms with van der Waals surface area (Å²) in [6, 6.07) is 10.6. The molecule has 0 fully saturated rings. The van der Waals surface area contributed by atoms with Gasteiger partial charge in [0.2, 0.25) is 0 Å². The Morgan fingerprint density at radius 3 is 2.65 bits per heavy atom. The molecule has 5 aromatic rings. The molecule has 0 aliphatic carbocycles. The Bertz CT molecular complexity index is 1610. The summed E-state index contributed by atoms with van der Waals surface area (Å²) in [7, 11) is 1.65. The Labute approximate surface area is 194 Å². The molecule has 1 aliphatic heterocycles. The Morgan fingerprint density at radius 1 is 1.03 bits per heavy atom. The lowest BCUT2D eigenvalue weighted by molar-refractivity contribution is 0.393. The predicted molar refractivity (Wildman–Crippen MR) is 130 cm³/mol. The van der Waals surface area contributed by atoms with Crippen molar-refractivity contribution in [2.24, 2.45) is 4.99 Å². The Morgan fingerprint density at radius 2 is 1.88 bits per heavy atom. The summed E-state index contributed by atoms with van der Waals surface area (Å²) in [5, 5.41) is 9.18. The molecule has 0 saturated heterocycles. The lowest BCUT2D eigenvalue weighted by Gasteiger charge is -2.21. The van der Waals surface area contributed by atoms with Crippen LogP contribution in [0.4, 0.5) is 10.2 Å². The van der Waals surface area contributed by atoms with E-state index in [1.54, 1.807) is 19.4 Å². The number of ether oxygens (including phenoxy) is 1. The molecule has 8 heteroatoms. The van der Waals surface area contributed by atoms with Gasteiger partial charge in [-0.25, -0.2) is 4.39 Å². The van der Waals surface area contributed by atoms with Crippen LogP contribution in [-0.4, -0.2) is 34.1 Å². The largest absolute Gasteiger partial charge is 0.496 e. The second-order valence-electron chi connectivity index (χ2n) is 8.49. The van der Waals surface area contributed by atoms with E-state index in [0.717, 1.165) is 61.5 Å². The van der Waals surface area contributed by atoms with Crippen molar-refractivity contribution in [3.8, 4) is 16.9 Å². The smallest absolute Gasteiger partial charge is 0.141 e. The highest BCUT2D eigenvalue weighted by molar-refractivity contribution is 6.27. The van der Waals surface area contributed by atoms with Crippen LogP contribution in [0, 0.1) is 19.7 Å². The second kappa shape index (κ2) is 7.41. The Kier molecular flexibility index (Phi) is 4.45. The van der Waals surface area contributed by atoms with Crippen molar-refractivity contribution in [3.63, 3.8) is 0 Å². The van der Waals surface area contributed by atoms with Gasteiger partial charge in [0.15, 0.2) is 0 Å². The zero-order valence-corrected chi connectivity index (χ0v) is 19.2. The molecule has 0 spiro atoms. The van der Waals surface area contributed by atoms with E-state index < -0.39 is 0 Å². The van der Waals surface area contributed by atoms with Gasteiger partial charge in [0.25, 0.3) is 0 Å². The third-order valence-electron chi connectivity index (χ3n) is 6.29. The van der Waals surface area contributed by atoms with Crippen LogP contribution in [0.5, 0.6) is 5.75 Å². The summed E-state index contributed by atoms with van der Waals surface area (Å²) in [6.45, 7) is 5.78. The molecule has 34 heavy (non-hydrogen) atoms. The summed E-state index contributed by atoms with van der Waals surface area (Å²) in [5.41, 5.74) is 6.75. The van der Waals surface area contributed by atoms with Gasteiger partial charge in [0.05, 0.1) is 35.2 Å². The van der Waals surface area contributed by atoms with Gasteiger partial charge < -0.3 is 19.6 Å². The van der Waals surface area contributed by atoms with Gasteiger partial charge in [-0.1, -0.05) is 5.16 Å². The van der Waals surface area contributed by atoms with Gasteiger partial charge in [-0.2, -0.15) is 0 Å². The number of aromatic amines is 1. The molecule has 0 amide bonds. The van der Waals surface area contributed by atoms with E-state index in [2.05, 4.69) is 20.4 Å². The van der Waals surface area contributed by atoms with E-state index in [-0.39, 0.29) is 12.0 Å². The summed E-state index contributed by atoms with van der Waals surface area (Å²) in [6.07, 6.45) is 1.56. The standard InChI is InChI=1S/C26H22FN5O2/c1-12-23(13(2)34-32-12)19-10-21-18(11-22(19)33-4)24-25(29-14(3)30-26(24)31-21)16-7-8-28-20-6-5-15(27)9-17(16)20/h5-11,14,30-31H,1-4H3. The summed E-state index contributed by atoms with van der Waals surface area (Å²) in [4.78, 5) is 12.8. The fraction of sp³-hybridized carbons (Fsp3) is 0.192. The molecule has 170 valence electrons. The normalized spacial score (nSPS) is 15.3. The third kappa shape index (κ3) is 2.98. The van der Waals surface area contributed by atoms with Crippen molar-refractivity contribution in [2.75, 3.05) is 12.4 Å². The number of aromatic nitrogens is 3. The number of H-pyrrole nitrogens is 1. The fourth-order valence-corrected chi connectivity index (χ4v) is 4.84. The van der Waals surface area contributed by atoms with E-state index >= 15 is 0 Å². The quantitative estimate of drug-likeness (QED) is 0.362. The first-order valence-corrected chi connectivity index (χ1v) is 11.0. The van der Waals surface area contributed by atoms with Crippen LogP contribution in [0.25, 0.3) is 32.9 Å². The van der Waals surface area contributed by atoms with Crippen molar-refractivity contribution >= 4 is 33.3 Å². The van der Waals surface area contributed by atoms with Gasteiger partial charge in [-0.3, -0.25) is 9.98 Å². The Balaban J connectivity index is 1.63. The molecule has 1 atom stereocenters. The molecular formula is C26H22FN5O2. The SMILES string of the molecule is COc1cc2c3c([nH]c2cc1-c1c(C)noc1C)NC(C)N=C3c1ccnc2ccc(F)cc12. The van der Waals surface area contributed by atoms with Crippen LogP contribution in [0.3, 0.4) is 0 Å². The van der Waals surface area contributed by atoms with Crippen molar-refractivity contribution < 1.29 is 13.7 Å². The van der Waals surface area contributed by atoms with Gasteiger partial charge >= 0.3 is 0 Å². The third-order valence-corrected chi connectivity index (χ3v) is 6.29. The van der Waals surface area contributed by atoms with Gasteiger partial charge in [0.1, 0.15) is 29.3 Å². The maximum atomic E-state index is 14.2. The van der Waals surface area contributed by atoms with Crippen LogP contribution in [0.1, 0.15) is 29.5 Å². The van der Waals surface area contributed by atoms with E-state index in [0.29, 0.717) is 11.3 Å². The number of anilines is 1. The number of hydrogen-bond donors (Lipinski definition) is 2. The number of benzene rings is 2. The predicted octanol–water partition coefficient (Wildman–Crippen LogP) is 5.74. The minimum absolute atomic E-state index is 0.170. The number of aryl methyl sites for hydroxylation is 2. The zero-order chi connectivity index (χ0) is 23.6. The maximum absolute atomic E-state index is 14.2. The minimum Gasteiger partial charge on any atom is -0.496 e. The van der Waals surface area contributed by atoms with E-state index in [1.807, 2.05) is 39.0 Å². The average molecular weight is 455 g/mol. The molecule has 0 saturated carbocycles. The summed E-state index contributed by atoms with van der Waals surface area (Å²) in [5.74, 6) is 1.97. The molecule has 0 radical (unpaired) electrons. The number of aliphatic imine (C=N–C) groups is 1. The van der Waals surface area contributed by atoms with E-state index in [4.69, 9.17) is 14.3 Å². The first-order valence-electron chi connectivity index (χ1n) is 11.0. The number of fused-ring (bicyclic) bond motifs is 4. The number of nitrogens with zero attached hydrogens (tertiary/aromatic N) is 3. The van der Waals surface area contributed by atoms with Crippen molar-refractivity contribution in [2.45, 2.75) is 26.9 Å². The monoisotopic (exact) mass is 455 g/mol. The van der Waals surface area contributed by atoms with Crippen LogP contribution in [0.2, 0.25) is 0 Å². The highest BCUT2D eigenvalue weighted by Crippen LogP contribution is 2.41. The van der Waals surface area contributed by atoms with Crippen LogP contribution in [0.15, 0.2) is 52.1 Å². The highest BCUT2D eigenvalue weighted by atomic mass is 19.1. The number of halogens is 1. The van der Waals surface area contributed by atoms with Crippen LogP contribution in [-0.2, 0) is 0 Å².